The second kappa shape index (κ2) is 6.50. The lowest BCUT2D eigenvalue weighted by Crippen LogP contribution is -2.21. The molecule has 1 heterocycles. The van der Waals surface area contributed by atoms with Crippen molar-refractivity contribution in [2.75, 3.05) is 6.54 Å². The summed E-state index contributed by atoms with van der Waals surface area (Å²) in [6.07, 6.45) is 4.65. The van der Waals surface area contributed by atoms with E-state index >= 15 is 0 Å². The summed E-state index contributed by atoms with van der Waals surface area (Å²) < 4.78 is 1.86. The number of hydrogen-bond acceptors (Lipinski definition) is 3. The molecular weight excluding hydrogens is 260 g/mol. The molecule has 2 aromatic carbocycles. The van der Waals surface area contributed by atoms with Gasteiger partial charge >= 0.3 is 0 Å². The molecule has 0 spiro atoms. The molecule has 0 bridgehead atoms. The maximum atomic E-state index is 3.96. The van der Waals surface area contributed by atoms with Crippen LogP contribution in [0.5, 0.6) is 0 Å². The average Bonchev–Trinajstić information content (AvgIpc) is 3.04. The van der Waals surface area contributed by atoms with Crippen LogP contribution in [0.2, 0.25) is 0 Å². The minimum Gasteiger partial charge on any atom is -0.310 e. The molecule has 0 aliphatic carbocycles. The van der Waals surface area contributed by atoms with E-state index in [-0.39, 0.29) is 0 Å². The van der Waals surface area contributed by atoms with Crippen molar-refractivity contribution in [3.05, 3.63) is 60.4 Å². The predicted molar refractivity (Wildman–Crippen MR) is 85.0 cm³/mol. The summed E-state index contributed by atoms with van der Waals surface area (Å²) in [5.41, 5.74) is 1.33. The molecule has 1 unspecified atom stereocenters. The van der Waals surface area contributed by atoms with Crippen molar-refractivity contribution in [3.63, 3.8) is 0 Å². The van der Waals surface area contributed by atoms with Crippen molar-refractivity contribution in [2.45, 2.75) is 25.9 Å². The van der Waals surface area contributed by atoms with E-state index in [1.165, 1.54) is 16.3 Å². The third-order valence-electron chi connectivity index (χ3n) is 3.76. The summed E-state index contributed by atoms with van der Waals surface area (Å²) in [6.45, 7) is 4.07. The zero-order valence-electron chi connectivity index (χ0n) is 12.2. The summed E-state index contributed by atoms with van der Waals surface area (Å²) in [7, 11) is 0. The van der Waals surface area contributed by atoms with Crippen molar-refractivity contribution in [3.8, 4) is 0 Å². The number of aryl methyl sites for hydroxylation is 1. The molecule has 0 aliphatic heterocycles. The predicted octanol–water partition coefficient (Wildman–Crippen LogP) is 3.17. The Kier molecular flexibility index (Phi) is 4.26. The van der Waals surface area contributed by atoms with Crippen molar-refractivity contribution in [2.24, 2.45) is 0 Å². The Labute approximate surface area is 124 Å². The number of hydrogen-bond donors (Lipinski definition) is 1. The van der Waals surface area contributed by atoms with Crippen molar-refractivity contribution in [1.29, 1.82) is 0 Å². The van der Waals surface area contributed by atoms with Gasteiger partial charge in [0.25, 0.3) is 0 Å². The van der Waals surface area contributed by atoms with Gasteiger partial charge in [0.2, 0.25) is 0 Å². The topological polar surface area (TPSA) is 42.7 Å². The molecule has 1 N–H and O–H groups in total. The molecule has 3 aromatic rings. The Hall–Kier alpha value is -2.20. The summed E-state index contributed by atoms with van der Waals surface area (Å²) in [5, 5.41) is 13.9. The molecule has 0 radical (unpaired) electrons. The quantitative estimate of drug-likeness (QED) is 0.705. The SMILES string of the molecule is CC(NCCCn1ccnn1)c1ccc2ccccc2c1. The Balaban J connectivity index is 1.55. The normalized spacial score (nSPS) is 12.6. The van der Waals surface area contributed by atoms with E-state index < -0.39 is 0 Å². The van der Waals surface area contributed by atoms with Crippen LogP contribution in [0.1, 0.15) is 24.9 Å². The van der Waals surface area contributed by atoms with Crippen molar-refractivity contribution < 1.29 is 0 Å². The van der Waals surface area contributed by atoms with Crippen LogP contribution in [-0.2, 0) is 6.54 Å². The van der Waals surface area contributed by atoms with Crippen molar-refractivity contribution >= 4 is 10.8 Å². The maximum Gasteiger partial charge on any atom is 0.0692 e. The van der Waals surface area contributed by atoms with Crippen LogP contribution in [0.4, 0.5) is 0 Å². The van der Waals surface area contributed by atoms with Gasteiger partial charge in [-0.3, -0.25) is 4.68 Å². The third kappa shape index (κ3) is 3.47. The lowest BCUT2D eigenvalue weighted by molar-refractivity contribution is 0.499. The molecule has 21 heavy (non-hydrogen) atoms. The summed E-state index contributed by atoms with van der Waals surface area (Å²) in [4.78, 5) is 0. The van der Waals surface area contributed by atoms with Gasteiger partial charge in [-0.1, -0.05) is 41.6 Å². The number of benzene rings is 2. The first-order valence-corrected chi connectivity index (χ1v) is 7.39. The van der Waals surface area contributed by atoms with Gasteiger partial charge in [-0.05, 0) is 42.3 Å². The van der Waals surface area contributed by atoms with Crippen LogP contribution in [-0.4, -0.2) is 21.5 Å². The summed E-state index contributed by atoms with van der Waals surface area (Å²) in [5.74, 6) is 0. The van der Waals surface area contributed by atoms with E-state index in [1.807, 2.05) is 10.9 Å². The molecule has 0 saturated heterocycles. The minimum absolute atomic E-state index is 0.352. The number of fused-ring (bicyclic) bond motifs is 1. The van der Waals surface area contributed by atoms with Gasteiger partial charge in [0.05, 0.1) is 6.20 Å². The number of nitrogens with zero attached hydrogens (tertiary/aromatic N) is 3. The molecule has 0 saturated carbocycles. The fourth-order valence-corrected chi connectivity index (χ4v) is 2.51. The van der Waals surface area contributed by atoms with Gasteiger partial charge in [-0.2, -0.15) is 0 Å². The molecule has 0 aliphatic rings. The van der Waals surface area contributed by atoms with Crippen molar-refractivity contribution in [1.82, 2.24) is 20.3 Å². The number of aromatic nitrogens is 3. The Morgan fingerprint density at radius 3 is 2.81 bits per heavy atom. The fourth-order valence-electron chi connectivity index (χ4n) is 2.51. The highest BCUT2D eigenvalue weighted by Gasteiger charge is 2.05. The van der Waals surface area contributed by atoms with Gasteiger partial charge < -0.3 is 5.32 Å². The van der Waals surface area contributed by atoms with Gasteiger partial charge in [-0.15, -0.1) is 5.10 Å². The lowest BCUT2D eigenvalue weighted by Gasteiger charge is -2.15. The first-order chi connectivity index (χ1) is 10.3. The molecule has 1 aromatic heterocycles. The number of rotatable bonds is 6. The van der Waals surface area contributed by atoms with E-state index in [9.17, 15) is 0 Å². The van der Waals surface area contributed by atoms with E-state index in [4.69, 9.17) is 0 Å². The van der Waals surface area contributed by atoms with Gasteiger partial charge in [0, 0.05) is 18.8 Å². The molecule has 1 atom stereocenters. The molecule has 108 valence electrons. The minimum atomic E-state index is 0.352. The average molecular weight is 280 g/mol. The summed E-state index contributed by atoms with van der Waals surface area (Å²) >= 11 is 0. The van der Waals surface area contributed by atoms with Crippen LogP contribution in [0, 0.1) is 0 Å². The standard InChI is InChI=1S/C17H20N4/c1-14(18-9-4-11-21-12-10-19-20-21)16-8-7-15-5-2-3-6-17(15)13-16/h2-3,5-8,10,12-14,18H,4,9,11H2,1H3. The van der Waals surface area contributed by atoms with Gasteiger partial charge in [0.1, 0.15) is 0 Å². The van der Waals surface area contributed by atoms with E-state index in [0.29, 0.717) is 6.04 Å². The first kappa shape index (κ1) is 13.8. The van der Waals surface area contributed by atoms with E-state index in [1.54, 1.807) is 6.20 Å². The first-order valence-electron chi connectivity index (χ1n) is 7.39. The molecule has 0 fully saturated rings. The second-order valence-electron chi connectivity index (χ2n) is 5.30. The van der Waals surface area contributed by atoms with Gasteiger partial charge in [-0.25, -0.2) is 0 Å². The fraction of sp³-hybridized carbons (Fsp3) is 0.294. The number of nitrogens with one attached hydrogen (secondary N) is 1. The Morgan fingerprint density at radius 2 is 2.00 bits per heavy atom. The van der Waals surface area contributed by atoms with Crippen LogP contribution in [0.15, 0.2) is 54.9 Å². The zero-order valence-corrected chi connectivity index (χ0v) is 12.2. The lowest BCUT2D eigenvalue weighted by atomic mass is 10.0. The molecule has 0 amide bonds. The largest absolute Gasteiger partial charge is 0.310 e. The smallest absolute Gasteiger partial charge is 0.0692 e. The van der Waals surface area contributed by atoms with Crippen LogP contribution < -0.4 is 5.32 Å². The van der Waals surface area contributed by atoms with Gasteiger partial charge in [0.15, 0.2) is 0 Å². The highest BCUT2D eigenvalue weighted by atomic mass is 15.4. The van der Waals surface area contributed by atoms with E-state index in [0.717, 1.165) is 19.5 Å². The third-order valence-corrected chi connectivity index (χ3v) is 3.76. The monoisotopic (exact) mass is 280 g/mol. The highest BCUT2D eigenvalue weighted by Crippen LogP contribution is 2.20. The van der Waals surface area contributed by atoms with Crippen LogP contribution in [0.25, 0.3) is 10.8 Å². The summed E-state index contributed by atoms with van der Waals surface area (Å²) in [6, 6.07) is 15.5. The molecule has 4 nitrogen and oxygen atoms in total. The molecule has 3 rings (SSSR count). The second-order valence-corrected chi connectivity index (χ2v) is 5.30. The maximum absolute atomic E-state index is 3.96. The highest BCUT2D eigenvalue weighted by molar-refractivity contribution is 5.83. The molecular formula is C17H20N4. The molecule has 4 heteroatoms. The Bertz CT molecular complexity index is 691. The Morgan fingerprint density at radius 1 is 1.14 bits per heavy atom. The van der Waals surface area contributed by atoms with Crippen LogP contribution in [0.3, 0.4) is 0 Å². The van der Waals surface area contributed by atoms with Crippen LogP contribution >= 0.6 is 0 Å². The zero-order chi connectivity index (χ0) is 14.5. The van der Waals surface area contributed by atoms with E-state index in [2.05, 4.69) is 65.0 Å².